The Bertz CT molecular complexity index is 1760. The van der Waals surface area contributed by atoms with Crippen molar-refractivity contribution in [3.05, 3.63) is 66.1 Å². The van der Waals surface area contributed by atoms with Crippen LogP contribution in [0, 0.1) is 11.8 Å². The number of likely N-dealkylation sites (tertiary alicyclic amines) is 1. The molecule has 0 spiro atoms. The molecule has 5 rings (SSSR count). The summed E-state index contributed by atoms with van der Waals surface area (Å²) in [6.07, 6.45) is 3.60. The maximum absolute atomic E-state index is 13.5. The Morgan fingerprint density at radius 2 is 1.36 bits per heavy atom. The summed E-state index contributed by atoms with van der Waals surface area (Å²) in [5.41, 5.74) is 4.14. The standard InChI is InChI=1S/C39H50N6O8/c1-22(2)32(43-38(49)51-5)36(47)45-20-8-10-30(45)34-40-21-29(41-34)26-16-12-24(13-17-26)25-14-18-27(19-15-25)35(46)42-28-9-7-11-31(28)53-37(48)33(23(3)4)44-39(50)52-6/h12-19,21-23,28,30-33H,7-11,20H2,1-6H3,(H,40,41)(H,42,46)(H,43,49)(H,44,50)/t28-,30-,31-,32-,33-/m0/s1. The highest BCUT2D eigenvalue weighted by Crippen LogP contribution is 2.33. The number of carbonyl (C=O) groups is 5. The van der Waals surface area contributed by atoms with E-state index in [-0.39, 0.29) is 35.7 Å². The van der Waals surface area contributed by atoms with Gasteiger partial charge in [0.1, 0.15) is 24.0 Å². The zero-order valence-corrected chi connectivity index (χ0v) is 31.1. The average molecular weight is 731 g/mol. The molecule has 0 bridgehead atoms. The van der Waals surface area contributed by atoms with E-state index in [9.17, 15) is 24.0 Å². The molecule has 4 N–H and O–H groups in total. The van der Waals surface area contributed by atoms with Gasteiger partial charge in [-0.05, 0) is 72.8 Å². The smallest absolute Gasteiger partial charge is 0.407 e. The summed E-state index contributed by atoms with van der Waals surface area (Å²) >= 11 is 0. The van der Waals surface area contributed by atoms with Crippen LogP contribution in [0.4, 0.5) is 9.59 Å². The SMILES string of the molecule is COC(=O)N[C@H](C(=O)O[C@H]1CCC[C@@H]1NC(=O)c1ccc(-c2ccc(-c3cnc([C@@H]4CCCN4C(=O)[C@@H](NC(=O)OC)C(C)C)[nH]3)cc2)cc1)C(C)C. The predicted molar refractivity (Wildman–Crippen MR) is 196 cm³/mol. The number of alkyl carbamates (subject to hydrolysis) is 2. The minimum atomic E-state index is -0.861. The zero-order valence-electron chi connectivity index (χ0n) is 31.1. The van der Waals surface area contributed by atoms with Gasteiger partial charge in [-0.25, -0.2) is 19.4 Å². The van der Waals surface area contributed by atoms with E-state index in [4.69, 9.17) is 9.47 Å². The summed E-state index contributed by atoms with van der Waals surface area (Å²) in [6.45, 7) is 7.95. The fourth-order valence-corrected chi connectivity index (χ4v) is 6.89. The van der Waals surface area contributed by atoms with E-state index in [0.29, 0.717) is 30.8 Å². The highest BCUT2D eigenvalue weighted by molar-refractivity contribution is 5.95. The van der Waals surface area contributed by atoms with Gasteiger partial charge in [0.2, 0.25) is 5.91 Å². The van der Waals surface area contributed by atoms with Crippen molar-refractivity contribution in [3.8, 4) is 22.4 Å². The van der Waals surface area contributed by atoms with Crippen LogP contribution >= 0.6 is 0 Å². The Kier molecular flexibility index (Phi) is 12.8. The molecule has 1 saturated heterocycles. The molecule has 3 aromatic rings. The first-order valence-corrected chi connectivity index (χ1v) is 18.2. The monoisotopic (exact) mass is 730 g/mol. The third kappa shape index (κ3) is 9.34. The molecule has 1 saturated carbocycles. The van der Waals surface area contributed by atoms with Gasteiger partial charge in [0.25, 0.3) is 5.91 Å². The van der Waals surface area contributed by atoms with Crippen LogP contribution < -0.4 is 16.0 Å². The van der Waals surface area contributed by atoms with E-state index < -0.39 is 36.3 Å². The number of aromatic amines is 1. The van der Waals surface area contributed by atoms with E-state index in [1.54, 1.807) is 37.1 Å². The summed E-state index contributed by atoms with van der Waals surface area (Å²) in [5.74, 6) is -0.606. The van der Waals surface area contributed by atoms with Gasteiger partial charge >= 0.3 is 18.2 Å². The van der Waals surface area contributed by atoms with E-state index in [1.807, 2.05) is 50.2 Å². The third-order valence-electron chi connectivity index (χ3n) is 9.93. The summed E-state index contributed by atoms with van der Waals surface area (Å²) in [4.78, 5) is 73.0. The van der Waals surface area contributed by atoms with Gasteiger partial charge in [-0.2, -0.15) is 0 Å². The topological polar surface area (TPSA) is 181 Å². The number of hydrogen-bond acceptors (Lipinski definition) is 9. The molecule has 4 amide bonds. The van der Waals surface area contributed by atoms with Gasteiger partial charge in [0.05, 0.1) is 38.2 Å². The number of ether oxygens (including phenoxy) is 3. The third-order valence-corrected chi connectivity index (χ3v) is 9.93. The molecule has 1 aromatic heterocycles. The van der Waals surface area contributed by atoms with Crippen molar-refractivity contribution < 1.29 is 38.2 Å². The van der Waals surface area contributed by atoms with Crippen LogP contribution in [0.2, 0.25) is 0 Å². The number of aromatic nitrogens is 2. The molecule has 2 aliphatic rings. The number of hydrogen-bond donors (Lipinski definition) is 4. The highest BCUT2D eigenvalue weighted by Gasteiger charge is 2.38. The number of H-pyrrole nitrogens is 1. The first-order valence-electron chi connectivity index (χ1n) is 18.2. The molecular weight excluding hydrogens is 680 g/mol. The Morgan fingerprint density at radius 3 is 1.96 bits per heavy atom. The minimum absolute atomic E-state index is 0.118. The van der Waals surface area contributed by atoms with Crippen molar-refractivity contribution in [2.45, 2.75) is 90.1 Å². The lowest BCUT2D eigenvalue weighted by Gasteiger charge is -2.30. The Labute approximate surface area is 309 Å². The normalized spacial score (nSPS) is 19.4. The summed E-state index contributed by atoms with van der Waals surface area (Å²) in [5, 5.41) is 8.23. The molecule has 1 aliphatic heterocycles. The summed E-state index contributed by atoms with van der Waals surface area (Å²) < 4.78 is 15.1. The van der Waals surface area contributed by atoms with Crippen molar-refractivity contribution in [3.63, 3.8) is 0 Å². The number of methoxy groups -OCH3 is 2. The Hall–Kier alpha value is -5.40. The van der Waals surface area contributed by atoms with Gasteiger partial charge in [-0.15, -0.1) is 0 Å². The van der Waals surface area contributed by atoms with Gasteiger partial charge in [0.15, 0.2) is 0 Å². The lowest BCUT2D eigenvalue weighted by molar-refractivity contribution is -0.153. The van der Waals surface area contributed by atoms with E-state index in [0.717, 1.165) is 41.6 Å². The highest BCUT2D eigenvalue weighted by atomic mass is 16.6. The molecule has 284 valence electrons. The second kappa shape index (κ2) is 17.4. The quantitative estimate of drug-likeness (QED) is 0.141. The largest absolute Gasteiger partial charge is 0.459 e. The minimum Gasteiger partial charge on any atom is -0.459 e. The van der Waals surface area contributed by atoms with Crippen molar-refractivity contribution >= 4 is 30.0 Å². The van der Waals surface area contributed by atoms with Crippen LogP contribution in [-0.2, 0) is 23.8 Å². The van der Waals surface area contributed by atoms with Crippen LogP contribution in [-0.4, -0.2) is 89.8 Å². The van der Waals surface area contributed by atoms with Gasteiger partial charge in [-0.3, -0.25) is 9.59 Å². The molecule has 5 atom stereocenters. The molecule has 0 unspecified atom stereocenters. The second-order valence-electron chi connectivity index (χ2n) is 14.2. The summed E-state index contributed by atoms with van der Waals surface area (Å²) in [6, 6.07) is 13.2. The van der Waals surface area contributed by atoms with Gasteiger partial charge < -0.3 is 40.0 Å². The van der Waals surface area contributed by atoms with Crippen LogP contribution in [0.15, 0.2) is 54.7 Å². The number of amides is 4. The average Bonchev–Trinajstić information content (AvgIpc) is 3.94. The van der Waals surface area contributed by atoms with Crippen molar-refractivity contribution in [1.29, 1.82) is 0 Å². The number of rotatable bonds is 12. The molecule has 2 aromatic carbocycles. The van der Waals surface area contributed by atoms with Crippen LogP contribution in [0.25, 0.3) is 22.4 Å². The second-order valence-corrected chi connectivity index (χ2v) is 14.2. The maximum atomic E-state index is 13.5. The number of imidazole rings is 1. The van der Waals surface area contributed by atoms with Crippen molar-refractivity contribution in [2.75, 3.05) is 20.8 Å². The van der Waals surface area contributed by atoms with Crippen molar-refractivity contribution in [1.82, 2.24) is 30.8 Å². The van der Waals surface area contributed by atoms with E-state index >= 15 is 0 Å². The molecule has 2 heterocycles. The molecule has 14 nitrogen and oxygen atoms in total. The van der Waals surface area contributed by atoms with E-state index in [2.05, 4.69) is 30.7 Å². The lowest BCUT2D eigenvalue weighted by Crippen LogP contribution is -2.51. The molecule has 1 aliphatic carbocycles. The first kappa shape index (κ1) is 38.8. The van der Waals surface area contributed by atoms with Gasteiger partial charge in [0, 0.05) is 12.1 Å². The number of nitrogens with zero attached hydrogens (tertiary/aromatic N) is 2. The fraction of sp³-hybridized carbons (Fsp3) is 0.487. The molecule has 2 fully saturated rings. The molecule has 0 radical (unpaired) electrons. The Morgan fingerprint density at radius 1 is 0.774 bits per heavy atom. The van der Waals surface area contributed by atoms with Crippen LogP contribution in [0.5, 0.6) is 0 Å². The Balaban J connectivity index is 1.19. The maximum Gasteiger partial charge on any atom is 0.407 e. The van der Waals surface area contributed by atoms with Crippen molar-refractivity contribution in [2.24, 2.45) is 11.8 Å². The number of esters is 1. The van der Waals surface area contributed by atoms with Crippen LogP contribution in [0.1, 0.15) is 82.0 Å². The number of carbonyl (C=O) groups excluding carboxylic acids is 5. The van der Waals surface area contributed by atoms with Gasteiger partial charge in [-0.1, -0.05) is 64.1 Å². The summed E-state index contributed by atoms with van der Waals surface area (Å²) in [7, 11) is 2.51. The lowest BCUT2D eigenvalue weighted by atomic mass is 10.0. The van der Waals surface area contributed by atoms with Crippen LogP contribution in [0.3, 0.4) is 0 Å². The first-order chi connectivity index (χ1) is 25.4. The fourth-order valence-electron chi connectivity index (χ4n) is 6.89. The zero-order chi connectivity index (χ0) is 38.2. The molecule has 14 heteroatoms. The number of nitrogens with one attached hydrogen (secondary N) is 4. The molecule has 53 heavy (non-hydrogen) atoms. The predicted octanol–water partition coefficient (Wildman–Crippen LogP) is 5.36. The molecular formula is C39H50N6O8. The number of benzene rings is 2. The van der Waals surface area contributed by atoms with E-state index in [1.165, 1.54) is 14.2 Å².